The second-order valence-corrected chi connectivity index (χ2v) is 7.02. The van der Waals surface area contributed by atoms with Crippen LogP contribution in [0.25, 0.3) is 0 Å². The van der Waals surface area contributed by atoms with Gasteiger partial charge in [-0.1, -0.05) is 59.6 Å². The zero-order valence-electron chi connectivity index (χ0n) is 13.4. The molecule has 0 aromatic heterocycles. The first kappa shape index (κ1) is 17.3. The summed E-state index contributed by atoms with van der Waals surface area (Å²) in [5, 5.41) is 7.67. The lowest BCUT2D eigenvalue weighted by atomic mass is 10.0. The Bertz CT molecular complexity index is 717. The van der Waals surface area contributed by atoms with Crippen LogP contribution in [0, 0.1) is 0 Å². The Morgan fingerprint density at radius 2 is 1.83 bits per heavy atom. The molecule has 126 valence electrons. The fourth-order valence-electron chi connectivity index (χ4n) is 2.67. The summed E-state index contributed by atoms with van der Waals surface area (Å²) < 4.78 is 0. The Kier molecular flexibility index (Phi) is 5.44. The van der Waals surface area contributed by atoms with Crippen molar-refractivity contribution in [2.75, 3.05) is 0 Å². The third-order valence-corrected chi connectivity index (χ3v) is 4.73. The summed E-state index contributed by atoms with van der Waals surface area (Å²) in [5.41, 5.74) is 1.86. The van der Waals surface area contributed by atoms with Gasteiger partial charge in [0.25, 0.3) is 0 Å². The maximum Gasteiger partial charge on any atom is 0.241 e. The minimum Gasteiger partial charge on any atom is -0.352 e. The fourth-order valence-corrected chi connectivity index (χ4v) is 3.25. The molecule has 24 heavy (non-hydrogen) atoms. The number of hydrogen-bond donors (Lipinski definition) is 2. The Balaban J connectivity index is 1.81. The van der Waals surface area contributed by atoms with E-state index in [4.69, 9.17) is 23.2 Å². The molecule has 3 nitrogen and oxygen atoms in total. The third-order valence-electron chi connectivity index (χ3n) is 4.16. The number of halogens is 2. The van der Waals surface area contributed by atoms with Crippen LogP contribution in [0.4, 0.5) is 0 Å². The van der Waals surface area contributed by atoms with Crippen molar-refractivity contribution in [3.8, 4) is 0 Å². The van der Waals surface area contributed by atoms with Crippen LogP contribution in [-0.2, 0) is 4.79 Å². The first-order valence-corrected chi connectivity index (χ1v) is 8.86. The maximum absolute atomic E-state index is 12.7. The number of nitrogens with one attached hydrogen (secondary N) is 2. The molecule has 0 saturated heterocycles. The van der Waals surface area contributed by atoms with E-state index in [1.54, 1.807) is 6.07 Å². The predicted octanol–water partition coefficient (Wildman–Crippen LogP) is 4.66. The SMILES string of the molecule is C[C@H](N[C@H](C(=O)NC1CC1)c1ccccc1)c1ccc(Cl)cc1Cl. The highest BCUT2D eigenvalue weighted by atomic mass is 35.5. The van der Waals surface area contributed by atoms with E-state index in [-0.39, 0.29) is 11.9 Å². The summed E-state index contributed by atoms with van der Waals surface area (Å²) in [5.74, 6) is 0.000589. The minimum atomic E-state index is -0.423. The van der Waals surface area contributed by atoms with E-state index in [0.29, 0.717) is 16.1 Å². The molecule has 1 saturated carbocycles. The van der Waals surface area contributed by atoms with Crippen LogP contribution in [0.5, 0.6) is 0 Å². The van der Waals surface area contributed by atoms with Gasteiger partial charge in [-0.2, -0.15) is 0 Å². The van der Waals surface area contributed by atoms with Crippen LogP contribution in [-0.4, -0.2) is 11.9 Å². The van der Waals surface area contributed by atoms with Gasteiger partial charge >= 0.3 is 0 Å². The molecule has 0 unspecified atom stereocenters. The van der Waals surface area contributed by atoms with Crippen LogP contribution >= 0.6 is 23.2 Å². The Morgan fingerprint density at radius 3 is 2.46 bits per heavy atom. The van der Waals surface area contributed by atoms with E-state index in [1.807, 2.05) is 49.4 Å². The van der Waals surface area contributed by atoms with Gasteiger partial charge in [-0.15, -0.1) is 0 Å². The molecule has 5 heteroatoms. The molecular weight excluding hydrogens is 343 g/mol. The highest BCUT2D eigenvalue weighted by Crippen LogP contribution is 2.29. The van der Waals surface area contributed by atoms with Gasteiger partial charge in [0.15, 0.2) is 0 Å². The highest BCUT2D eigenvalue weighted by molar-refractivity contribution is 6.35. The Labute approximate surface area is 152 Å². The molecule has 0 spiro atoms. The van der Waals surface area contributed by atoms with E-state index in [2.05, 4.69) is 10.6 Å². The second kappa shape index (κ2) is 7.56. The Morgan fingerprint density at radius 1 is 1.12 bits per heavy atom. The molecule has 1 aliphatic carbocycles. The topological polar surface area (TPSA) is 41.1 Å². The van der Waals surface area contributed by atoms with Crippen LogP contribution in [0.3, 0.4) is 0 Å². The Hall–Kier alpha value is -1.55. The largest absolute Gasteiger partial charge is 0.352 e. The molecular formula is C19H20Cl2N2O. The average molecular weight is 363 g/mol. The zero-order valence-corrected chi connectivity index (χ0v) is 14.9. The van der Waals surface area contributed by atoms with Gasteiger partial charge in [-0.25, -0.2) is 0 Å². The lowest BCUT2D eigenvalue weighted by molar-refractivity contribution is -0.123. The number of carbonyl (C=O) groups is 1. The van der Waals surface area contributed by atoms with Crippen LogP contribution in [0.15, 0.2) is 48.5 Å². The summed E-state index contributed by atoms with van der Waals surface area (Å²) in [6.07, 6.45) is 2.12. The molecule has 1 fully saturated rings. The van der Waals surface area contributed by atoms with E-state index in [0.717, 1.165) is 24.0 Å². The zero-order chi connectivity index (χ0) is 17.1. The standard InChI is InChI=1S/C19H20Cl2N2O/c1-12(16-10-7-14(20)11-17(16)21)22-18(13-5-3-2-4-6-13)19(24)23-15-8-9-15/h2-7,10-12,15,18,22H,8-9H2,1H3,(H,23,24)/t12-,18-/m0/s1. The van der Waals surface area contributed by atoms with Gasteiger partial charge in [0.05, 0.1) is 0 Å². The van der Waals surface area contributed by atoms with Crippen molar-refractivity contribution >= 4 is 29.1 Å². The monoisotopic (exact) mass is 362 g/mol. The van der Waals surface area contributed by atoms with Crippen molar-refractivity contribution in [1.82, 2.24) is 10.6 Å². The van der Waals surface area contributed by atoms with Crippen molar-refractivity contribution < 1.29 is 4.79 Å². The van der Waals surface area contributed by atoms with Gasteiger partial charge < -0.3 is 5.32 Å². The van der Waals surface area contributed by atoms with Crippen LogP contribution in [0.2, 0.25) is 10.0 Å². The lowest BCUT2D eigenvalue weighted by Gasteiger charge is -2.24. The maximum atomic E-state index is 12.7. The van der Waals surface area contributed by atoms with Gasteiger partial charge in [0.2, 0.25) is 5.91 Å². The number of carbonyl (C=O) groups excluding carboxylic acids is 1. The van der Waals surface area contributed by atoms with E-state index in [9.17, 15) is 4.79 Å². The third kappa shape index (κ3) is 4.29. The molecule has 1 amide bonds. The summed E-state index contributed by atoms with van der Waals surface area (Å²) in [4.78, 5) is 12.7. The van der Waals surface area contributed by atoms with Gasteiger partial charge in [-0.3, -0.25) is 10.1 Å². The normalized spacial score (nSPS) is 16.5. The van der Waals surface area contributed by atoms with Crippen LogP contribution < -0.4 is 10.6 Å². The second-order valence-electron chi connectivity index (χ2n) is 6.18. The van der Waals surface area contributed by atoms with Crippen molar-refractivity contribution in [3.05, 3.63) is 69.7 Å². The van der Waals surface area contributed by atoms with Crippen molar-refractivity contribution in [1.29, 1.82) is 0 Å². The summed E-state index contributed by atoms with van der Waals surface area (Å²) in [6, 6.07) is 15.0. The molecule has 2 atom stereocenters. The first-order chi connectivity index (χ1) is 11.5. The molecule has 2 N–H and O–H groups in total. The predicted molar refractivity (Wildman–Crippen MR) is 98.4 cm³/mol. The van der Waals surface area contributed by atoms with E-state index >= 15 is 0 Å². The molecule has 0 aliphatic heterocycles. The van der Waals surface area contributed by atoms with Crippen molar-refractivity contribution in [2.45, 2.75) is 37.9 Å². The molecule has 1 aliphatic rings. The van der Waals surface area contributed by atoms with Gasteiger partial charge in [0.1, 0.15) is 6.04 Å². The molecule has 0 bridgehead atoms. The lowest BCUT2D eigenvalue weighted by Crippen LogP contribution is -2.39. The van der Waals surface area contributed by atoms with Crippen LogP contribution in [0.1, 0.15) is 43.0 Å². The minimum absolute atomic E-state index is 0.000589. The van der Waals surface area contributed by atoms with Crippen molar-refractivity contribution in [3.63, 3.8) is 0 Å². The van der Waals surface area contributed by atoms with E-state index in [1.165, 1.54) is 0 Å². The summed E-state index contributed by atoms with van der Waals surface area (Å²) in [6.45, 7) is 2.00. The molecule has 3 rings (SSSR count). The summed E-state index contributed by atoms with van der Waals surface area (Å²) >= 11 is 12.3. The van der Waals surface area contributed by atoms with E-state index < -0.39 is 6.04 Å². The summed E-state index contributed by atoms with van der Waals surface area (Å²) in [7, 11) is 0. The quantitative estimate of drug-likeness (QED) is 0.784. The number of rotatable bonds is 6. The number of hydrogen-bond acceptors (Lipinski definition) is 2. The average Bonchev–Trinajstić information content (AvgIpc) is 3.37. The van der Waals surface area contributed by atoms with Gasteiger partial charge in [0, 0.05) is 22.1 Å². The van der Waals surface area contributed by atoms with Gasteiger partial charge in [-0.05, 0) is 43.0 Å². The number of benzene rings is 2. The molecule has 0 radical (unpaired) electrons. The molecule has 2 aromatic carbocycles. The number of amides is 1. The molecule has 0 heterocycles. The highest BCUT2D eigenvalue weighted by Gasteiger charge is 2.29. The van der Waals surface area contributed by atoms with Crippen molar-refractivity contribution in [2.24, 2.45) is 0 Å². The smallest absolute Gasteiger partial charge is 0.241 e. The fraction of sp³-hybridized carbons (Fsp3) is 0.316. The molecule has 2 aromatic rings. The first-order valence-electron chi connectivity index (χ1n) is 8.11.